The lowest BCUT2D eigenvalue weighted by atomic mass is 10.1. The Bertz CT molecular complexity index is 950. The Balaban J connectivity index is 1.83. The van der Waals surface area contributed by atoms with Crippen molar-refractivity contribution < 1.29 is 14.3 Å². The van der Waals surface area contributed by atoms with Gasteiger partial charge in [-0.2, -0.15) is 0 Å². The highest BCUT2D eigenvalue weighted by molar-refractivity contribution is 6.03. The summed E-state index contributed by atoms with van der Waals surface area (Å²) in [5.74, 6) is 0.438. The highest BCUT2D eigenvalue weighted by Gasteiger charge is 2.35. The molecule has 33 heavy (non-hydrogen) atoms. The minimum absolute atomic E-state index is 0.238. The van der Waals surface area contributed by atoms with E-state index in [0.717, 1.165) is 48.3 Å². The SMILES string of the molecule is COCCCNc1cc(CN(C(=O)OC(C)(C)C)C2CC2)ccc1C(N)=Nc1ccccc1. The van der Waals surface area contributed by atoms with Crippen LogP contribution in [0.4, 0.5) is 16.2 Å². The molecule has 3 rings (SSSR count). The normalized spacial score (nSPS) is 14.1. The number of carbonyl (C=O) groups is 1. The van der Waals surface area contributed by atoms with E-state index < -0.39 is 5.60 Å². The summed E-state index contributed by atoms with van der Waals surface area (Å²) in [5, 5.41) is 3.47. The van der Waals surface area contributed by atoms with Crippen molar-refractivity contribution in [3.8, 4) is 0 Å². The zero-order valence-electron chi connectivity index (χ0n) is 20.1. The fraction of sp³-hybridized carbons (Fsp3) is 0.462. The van der Waals surface area contributed by atoms with Crippen molar-refractivity contribution in [2.24, 2.45) is 10.7 Å². The Kier molecular flexibility index (Phi) is 8.33. The van der Waals surface area contributed by atoms with E-state index in [0.29, 0.717) is 19.0 Å². The van der Waals surface area contributed by atoms with Gasteiger partial charge in [-0.3, -0.25) is 0 Å². The van der Waals surface area contributed by atoms with Gasteiger partial charge >= 0.3 is 6.09 Å². The van der Waals surface area contributed by atoms with Crippen LogP contribution >= 0.6 is 0 Å². The third-order valence-electron chi connectivity index (χ3n) is 5.17. The maximum atomic E-state index is 12.8. The summed E-state index contributed by atoms with van der Waals surface area (Å²) in [6.07, 6.45) is 2.61. The molecule has 0 aromatic heterocycles. The molecular formula is C26H36N4O3. The van der Waals surface area contributed by atoms with Gasteiger partial charge in [0.25, 0.3) is 0 Å². The number of nitrogens with two attached hydrogens (primary N) is 1. The average Bonchev–Trinajstić information content (AvgIpc) is 3.60. The Hall–Kier alpha value is -3.06. The summed E-state index contributed by atoms with van der Waals surface area (Å²) in [6, 6.07) is 15.9. The topological polar surface area (TPSA) is 89.2 Å². The molecule has 0 bridgehead atoms. The molecule has 1 saturated carbocycles. The molecule has 2 aromatic rings. The van der Waals surface area contributed by atoms with Crippen molar-refractivity contribution in [1.82, 2.24) is 4.90 Å². The monoisotopic (exact) mass is 452 g/mol. The highest BCUT2D eigenvalue weighted by Crippen LogP contribution is 2.31. The van der Waals surface area contributed by atoms with Crippen LogP contribution in [0.1, 0.15) is 51.2 Å². The van der Waals surface area contributed by atoms with Gasteiger partial charge in [0.1, 0.15) is 11.4 Å². The summed E-state index contributed by atoms with van der Waals surface area (Å²) in [5.41, 5.74) is 9.39. The van der Waals surface area contributed by atoms with E-state index in [9.17, 15) is 4.79 Å². The van der Waals surface area contributed by atoms with Gasteiger partial charge in [-0.05, 0) is 69.9 Å². The lowest BCUT2D eigenvalue weighted by Gasteiger charge is -2.27. The number of para-hydroxylation sites is 1. The summed E-state index contributed by atoms with van der Waals surface area (Å²) >= 11 is 0. The van der Waals surface area contributed by atoms with Crippen molar-refractivity contribution in [2.75, 3.05) is 25.6 Å². The van der Waals surface area contributed by atoms with Gasteiger partial charge < -0.3 is 25.4 Å². The molecule has 0 unspecified atom stereocenters. The molecule has 1 aliphatic carbocycles. The average molecular weight is 453 g/mol. The zero-order valence-corrected chi connectivity index (χ0v) is 20.1. The van der Waals surface area contributed by atoms with E-state index in [4.69, 9.17) is 15.2 Å². The van der Waals surface area contributed by atoms with Crippen molar-refractivity contribution in [3.63, 3.8) is 0 Å². The summed E-state index contributed by atoms with van der Waals surface area (Å²) in [6.45, 7) is 7.57. The molecule has 0 spiro atoms. The standard InChI is InChI=1S/C26H36N4O3/c1-26(2,3)33-25(31)30(21-12-13-21)18-19-11-14-22(23(17-19)28-15-8-16-32-4)24(27)29-20-9-6-5-7-10-20/h5-7,9-11,14,17,21,28H,8,12-13,15-16,18H2,1-4H3,(H2,27,29). The quantitative estimate of drug-likeness (QED) is 0.298. The Morgan fingerprint density at radius 2 is 1.91 bits per heavy atom. The second-order valence-corrected chi connectivity index (χ2v) is 9.33. The first-order chi connectivity index (χ1) is 15.8. The van der Waals surface area contributed by atoms with Crippen LogP contribution in [0.5, 0.6) is 0 Å². The first kappa shape index (κ1) is 24.6. The number of anilines is 1. The van der Waals surface area contributed by atoms with Gasteiger partial charge in [0.05, 0.1) is 5.69 Å². The first-order valence-corrected chi connectivity index (χ1v) is 11.5. The molecule has 0 radical (unpaired) electrons. The molecule has 0 aliphatic heterocycles. The Labute approximate surface area is 197 Å². The molecule has 1 aliphatic rings. The fourth-order valence-corrected chi connectivity index (χ4v) is 3.45. The number of hydrogen-bond donors (Lipinski definition) is 2. The molecule has 7 heteroatoms. The third-order valence-corrected chi connectivity index (χ3v) is 5.17. The first-order valence-electron chi connectivity index (χ1n) is 11.5. The zero-order chi connectivity index (χ0) is 23.8. The van der Waals surface area contributed by atoms with Crippen LogP contribution in [-0.2, 0) is 16.0 Å². The van der Waals surface area contributed by atoms with Crippen LogP contribution in [0.2, 0.25) is 0 Å². The van der Waals surface area contributed by atoms with E-state index in [1.54, 1.807) is 7.11 Å². The molecule has 178 valence electrons. The van der Waals surface area contributed by atoms with Gasteiger partial charge in [-0.1, -0.05) is 24.3 Å². The van der Waals surface area contributed by atoms with Gasteiger partial charge in [-0.15, -0.1) is 0 Å². The predicted molar refractivity (Wildman–Crippen MR) is 133 cm³/mol. The number of amides is 1. The van der Waals surface area contributed by atoms with Crippen molar-refractivity contribution in [3.05, 3.63) is 59.7 Å². The Morgan fingerprint density at radius 3 is 2.55 bits per heavy atom. The molecule has 1 amide bonds. The number of benzene rings is 2. The number of carbonyl (C=O) groups excluding carboxylic acids is 1. The van der Waals surface area contributed by atoms with Gasteiger partial charge in [0.15, 0.2) is 0 Å². The van der Waals surface area contributed by atoms with Gasteiger partial charge in [-0.25, -0.2) is 9.79 Å². The van der Waals surface area contributed by atoms with Gasteiger partial charge in [0, 0.05) is 44.1 Å². The summed E-state index contributed by atoms with van der Waals surface area (Å²) in [4.78, 5) is 19.2. The molecule has 2 aromatic carbocycles. The molecule has 3 N–H and O–H groups in total. The molecule has 1 fully saturated rings. The number of nitrogens with zero attached hydrogens (tertiary/aromatic N) is 2. The number of aliphatic imine (C=N–C) groups is 1. The maximum absolute atomic E-state index is 12.8. The second kappa shape index (κ2) is 11.2. The number of nitrogens with one attached hydrogen (secondary N) is 1. The van der Waals surface area contributed by atoms with Crippen LogP contribution in [0.25, 0.3) is 0 Å². The van der Waals surface area contributed by atoms with E-state index in [1.807, 2.05) is 68.1 Å². The van der Waals surface area contributed by atoms with Crippen molar-refractivity contribution in [2.45, 2.75) is 58.2 Å². The van der Waals surface area contributed by atoms with E-state index in [-0.39, 0.29) is 12.1 Å². The highest BCUT2D eigenvalue weighted by atomic mass is 16.6. The largest absolute Gasteiger partial charge is 0.444 e. The summed E-state index contributed by atoms with van der Waals surface area (Å²) < 4.78 is 10.8. The van der Waals surface area contributed by atoms with Gasteiger partial charge in [0.2, 0.25) is 0 Å². The minimum Gasteiger partial charge on any atom is -0.444 e. The van der Waals surface area contributed by atoms with E-state index >= 15 is 0 Å². The third kappa shape index (κ3) is 7.79. The van der Waals surface area contributed by atoms with Crippen molar-refractivity contribution in [1.29, 1.82) is 0 Å². The Morgan fingerprint density at radius 1 is 1.18 bits per heavy atom. The lowest BCUT2D eigenvalue weighted by Crippen LogP contribution is -2.37. The van der Waals surface area contributed by atoms with Crippen LogP contribution in [0.15, 0.2) is 53.5 Å². The molecular weight excluding hydrogens is 416 g/mol. The number of rotatable bonds is 10. The number of amidine groups is 1. The van der Waals surface area contributed by atoms with Crippen LogP contribution in [-0.4, -0.2) is 48.7 Å². The van der Waals surface area contributed by atoms with Crippen LogP contribution < -0.4 is 11.1 Å². The molecule has 0 atom stereocenters. The predicted octanol–water partition coefficient (Wildman–Crippen LogP) is 5.07. The minimum atomic E-state index is -0.523. The number of hydrogen-bond acceptors (Lipinski definition) is 5. The maximum Gasteiger partial charge on any atom is 0.410 e. The van der Waals surface area contributed by atoms with Crippen LogP contribution in [0, 0.1) is 0 Å². The molecule has 7 nitrogen and oxygen atoms in total. The van der Waals surface area contributed by atoms with E-state index in [1.165, 1.54) is 0 Å². The number of ether oxygens (including phenoxy) is 2. The molecule has 0 saturated heterocycles. The summed E-state index contributed by atoms with van der Waals surface area (Å²) in [7, 11) is 1.69. The fourth-order valence-electron chi connectivity index (χ4n) is 3.45. The van der Waals surface area contributed by atoms with Crippen LogP contribution in [0.3, 0.4) is 0 Å². The number of methoxy groups -OCH3 is 1. The lowest BCUT2D eigenvalue weighted by molar-refractivity contribution is 0.0216. The van der Waals surface area contributed by atoms with E-state index in [2.05, 4.69) is 16.4 Å². The molecule has 0 heterocycles. The smallest absolute Gasteiger partial charge is 0.410 e. The second-order valence-electron chi connectivity index (χ2n) is 9.33. The van der Waals surface area contributed by atoms with Crippen molar-refractivity contribution >= 4 is 23.3 Å².